The van der Waals surface area contributed by atoms with Gasteiger partial charge in [0.25, 0.3) is 0 Å². The average Bonchev–Trinajstić information content (AvgIpc) is 2.74. The molecule has 0 radical (unpaired) electrons. The number of benzene rings is 2. The molecule has 2 aromatic rings. The van der Waals surface area contributed by atoms with Crippen LogP contribution in [0.1, 0.15) is 37.7 Å². The minimum absolute atomic E-state index is 0.122. The second-order valence-corrected chi connectivity index (χ2v) is 7.73. The van der Waals surface area contributed by atoms with Gasteiger partial charge < -0.3 is 14.9 Å². The lowest BCUT2D eigenvalue weighted by molar-refractivity contribution is 0.0160. The van der Waals surface area contributed by atoms with Crippen molar-refractivity contribution in [2.45, 2.75) is 50.9 Å². The Bertz CT molecular complexity index is 691. The minimum Gasteiger partial charge on any atom is -0.395 e. The Morgan fingerprint density at radius 1 is 0.964 bits per heavy atom. The molecule has 1 saturated heterocycles. The van der Waals surface area contributed by atoms with Crippen LogP contribution in [0.2, 0.25) is 0 Å². The first-order valence-corrected chi connectivity index (χ1v) is 10.5. The van der Waals surface area contributed by atoms with Crippen LogP contribution in [0, 0.1) is 0 Å². The third-order valence-electron chi connectivity index (χ3n) is 5.56. The van der Waals surface area contributed by atoms with Crippen molar-refractivity contribution in [2.75, 3.05) is 26.3 Å². The van der Waals surface area contributed by atoms with Crippen LogP contribution in [-0.2, 0) is 11.3 Å². The highest BCUT2D eigenvalue weighted by Crippen LogP contribution is 2.21. The zero-order chi connectivity index (χ0) is 19.6. The molecule has 1 aliphatic rings. The molecule has 0 aromatic heterocycles. The van der Waals surface area contributed by atoms with E-state index in [0.717, 1.165) is 45.4 Å². The lowest BCUT2D eigenvalue weighted by Crippen LogP contribution is -2.46. The Balaban J connectivity index is 1.31. The predicted octanol–water partition coefficient (Wildman–Crippen LogP) is 3.86. The van der Waals surface area contributed by atoms with Gasteiger partial charge in [-0.1, -0.05) is 48.5 Å². The van der Waals surface area contributed by atoms with Crippen LogP contribution >= 0.6 is 0 Å². The molecular weight excluding hydrogens is 350 g/mol. The largest absolute Gasteiger partial charge is 0.395 e. The second-order valence-electron chi connectivity index (χ2n) is 7.73. The van der Waals surface area contributed by atoms with Gasteiger partial charge in [-0.05, 0) is 61.4 Å². The third-order valence-corrected chi connectivity index (χ3v) is 5.56. The summed E-state index contributed by atoms with van der Waals surface area (Å²) in [6.45, 7) is 3.45. The van der Waals surface area contributed by atoms with Gasteiger partial charge in [-0.3, -0.25) is 4.90 Å². The van der Waals surface area contributed by atoms with E-state index in [0.29, 0.717) is 13.0 Å². The van der Waals surface area contributed by atoms with E-state index in [2.05, 4.69) is 53.4 Å². The van der Waals surface area contributed by atoms with Gasteiger partial charge >= 0.3 is 0 Å². The van der Waals surface area contributed by atoms with Gasteiger partial charge in [0, 0.05) is 19.2 Å². The van der Waals surface area contributed by atoms with Crippen molar-refractivity contribution >= 4 is 0 Å². The molecular formula is C24H33NO3. The molecule has 2 N–H and O–H groups in total. The van der Waals surface area contributed by atoms with Crippen molar-refractivity contribution in [3.8, 4) is 11.1 Å². The minimum atomic E-state index is -0.248. The number of unbranched alkanes of at least 4 members (excludes halogenated alkanes) is 2. The first-order valence-electron chi connectivity index (χ1n) is 10.5. The summed E-state index contributed by atoms with van der Waals surface area (Å²) in [4.78, 5) is 2.32. The maximum atomic E-state index is 9.72. The van der Waals surface area contributed by atoms with E-state index in [1.807, 2.05) is 6.07 Å². The Morgan fingerprint density at radius 3 is 2.61 bits per heavy atom. The third kappa shape index (κ3) is 6.42. The molecule has 0 aliphatic carbocycles. The van der Waals surface area contributed by atoms with Gasteiger partial charge in [-0.2, -0.15) is 0 Å². The highest BCUT2D eigenvalue weighted by molar-refractivity contribution is 5.63. The smallest absolute Gasteiger partial charge is 0.0717 e. The van der Waals surface area contributed by atoms with Crippen molar-refractivity contribution in [3.63, 3.8) is 0 Å². The first-order chi connectivity index (χ1) is 13.8. The summed E-state index contributed by atoms with van der Waals surface area (Å²) in [6, 6.07) is 19.1. The van der Waals surface area contributed by atoms with Crippen molar-refractivity contribution in [3.05, 3.63) is 60.2 Å². The molecule has 3 rings (SSSR count). The number of rotatable bonds is 10. The van der Waals surface area contributed by atoms with E-state index in [-0.39, 0.29) is 18.8 Å². The molecule has 4 nitrogen and oxygen atoms in total. The lowest BCUT2D eigenvalue weighted by atomic mass is 9.99. The molecule has 1 aliphatic heterocycles. The molecule has 0 saturated carbocycles. The lowest BCUT2D eigenvalue weighted by Gasteiger charge is -2.36. The Labute approximate surface area is 168 Å². The standard InChI is InChI=1S/C24H33NO3/c26-18-23-17-24(27)12-14-25(23)13-5-2-6-15-28-19-20-8-7-11-22(16-20)21-9-3-1-4-10-21/h1,3-4,7-11,16,23-24,26-27H,2,5-6,12-15,17-19H2. The second kappa shape index (κ2) is 11.3. The molecule has 28 heavy (non-hydrogen) atoms. The Kier molecular flexibility index (Phi) is 8.49. The van der Waals surface area contributed by atoms with Crippen LogP contribution < -0.4 is 0 Å². The van der Waals surface area contributed by atoms with E-state index >= 15 is 0 Å². The molecule has 1 heterocycles. The summed E-state index contributed by atoms with van der Waals surface area (Å²) in [7, 11) is 0. The molecule has 0 amide bonds. The quantitative estimate of drug-likeness (QED) is 0.612. The topological polar surface area (TPSA) is 52.9 Å². The summed E-state index contributed by atoms with van der Waals surface area (Å²) in [5.74, 6) is 0. The van der Waals surface area contributed by atoms with Crippen LogP contribution in [-0.4, -0.2) is 53.6 Å². The first kappa shape index (κ1) is 21.0. The van der Waals surface area contributed by atoms with E-state index in [9.17, 15) is 10.2 Å². The van der Waals surface area contributed by atoms with Gasteiger partial charge in [-0.15, -0.1) is 0 Å². The van der Waals surface area contributed by atoms with Gasteiger partial charge in [0.2, 0.25) is 0 Å². The zero-order valence-corrected chi connectivity index (χ0v) is 16.7. The van der Waals surface area contributed by atoms with Crippen molar-refractivity contribution < 1.29 is 14.9 Å². The van der Waals surface area contributed by atoms with Crippen LogP contribution in [0.4, 0.5) is 0 Å². The molecule has 1 fully saturated rings. The van der Waals surface area contributed by atoms with E-state index in [4.69, 9.17) is 4.74 Å². The fraction of sp³-hybridized carbons (Fsp3) is 0.500. The highest BCUT2D eigenvalue weighted by Gasteiger charge is 2.26. The van der Waals surface area contributed by atoms with E-state index in [1.54, 1.807) is 0 Å². The number of hydrogen-bond donors (Lipinski definition) is 2. The fourth-order valence-electron chi connectivity index (χ4n) is 3.92. The van der Waals surface area contributed by atoms with Crippen LogP contribution in [0.25, 0.3) is 11.1 Å². The SMILES string of the molecule is OCC1CC(O)CCN1CCCCCOCc1cccc(-c2ccccc2)c1. The maximum absolute atomic E-state index is 9.72. The Hall–Kier alpha value is -1.72. The molecule has 0 bridgehead atoms. The van der Waals surface area contributed by atoms with Gasteiger partial charge in [0.15, 0.2) is 0 Å². The van der Waals surface area contributed by atoms with Gasteiger partial charge in [0.1, 0.15) is 0 Å². The van der Waals surface area contributed by atoms with Crippen molar-refractivity contribution in [1.29, 1.82) is 0 Å². The number of likely N-dealkylation sites (tertiary alicyclic amines) is 1. The average molecular weight is 384 g/mol. The number of piperidine rings is 1. The zero-order valence-electron chi connectivity index (χ0n) is 16.7. The van der Waals surface area contributed by atoms with Gasteiger partial charge in [0.05, 0.1) is 19.3 Å². The monoisotopic (exact) mass is 383 g/mol. The molecule has 4 heteroatoms. The van der Waals surface area contributed by atoms with Gasteiger partial charge in [-0.25, -0.2) is 0 Å². The number of ether oxygens (including phenoxy) is 1. The van der Waals surface area contributed by atoms with E-state index < -0.39 is 0 Å². The summed E-state index contributed by atoms with van der Waals surface area (Å²) in [6.07, 6.45) is 4.56. The molecule has 2 aromatic carbocycles. The molecule has 2 atom stereocenters. The number of aliphatic hydroxyl groups excluding tert-OH is 2. The van der Waals surface area contributed by atoms with Crippen molar-refractivity contribution in [2.24, 2.45) is 0 Å². The predicted molar refractivity (Wildman–Crippen MR) is 113 cm³/mol. The summed E-state index contributed by atoms with van der Waals surface area (Å²) in [5, 5.41) is 19.2. The maximum Gasteiger partial charge on any atom is 0.0717 e. The fourth-order valence-corrected chi connectivity index (χ4v) is 3.92. The summed E-state index contributed by atoms with van der Waals surface area (Å²) < 4.78 is 5.87. The van der Waals surface area contributed by atoms with Crippen LogP contribution in [0.5, 0.6) is 0 Å². The van der Waals surface area contributed by atoms with Crippen LogP contribution in [0.15, 0.2) is 54.6 Å². The Morgan fingerprint density at radius 2 is 1.79 bits per heavy atom. The summed E-state index contributed by atoms with van der Waals surface area (Å²) in [5.41, 5.74) is 3.67. The number of hydrogen-bond acceptors (Lipinski definition) is 4. The van der Waals surface area contributed by atoms with E-state index in [1.165, 1.54) is 16.7 Å². The number of aliphatic hydroxyl groups is 2. The molecule has 0 spiro atoms. The molecule has 152 valence electrons. The summed E-state index contributed by atoms with van der Waals surface area (Å²) >= 11 is 0. The highest BCUT2D eigenvalue weighted by atomic mass is 16.5. The normalized spacial score (nSPS) is 20.4. The van der Waals surface area contributed by atoms with Crippen molar-refractivity contribution in [1.82, 2.24) is 4.90 Å². The molecule has 2 unspecified atom stereocenters. The van der Waals surface area contributed by atoms with Crippen LogP contribution in [0.3, 0.4) is 0 Å². The number of nitrogens with zero attached hydrogens (tertiary/aromatic N) is 1.